The van der Waals surface area contributed by atoms with Crippen molar-refractivity contribution in [1.82, 2.24) is 20.3 Å². The van der Waals surface area contributed by atoms with Crippen LogP contribution in [0.15, 0.2) is 0 Å². The highest BCUT2D eigenvalue weighted by atomic mass is 15.4. The van der Waals surface area contributed by atoms with Gasteiger partial charge in [-0.3, -0.25) is 0 Å². The lowest BCUT2D eigenvalue weighted by Crippen LogP contribution is -2.41. The minimum absolute atomic E-state index is 0.841. The first-order valence-electron chi connectivity index (χ1n) is 8.54. The quantitative estimate of drug-likeness (QED) is 0.810. The van der Waals surface area contributed by atoms with Crippen LogP contribution in [0.5, 0.6) is 0 Å². The third-order valence-corrected chi connectivity index (χ3v) is 4.72. The summed E-state index contributed by atoms with van der Waals surface area (Å²) in [4.78, 5) is 21.2. The summed E-state index contributed by atoms with van der Waals surface area (Å²) in [6.45, 7) is 7.87. The number of hydrogen-bond acceptors (Lipinski definition) is 6. The van der Waals surface area contributed by atoms with E-state index < -0.39 is 0 Å². The SMILES string of the molecule is C1CCN(c2nc(N3CCCC3)nc(N3CC[N]CC3)n2)C1. The summed E-state index contributed by atoms with van der Waals surface area (Å²) < 4.78 is 0. The number of hydrogen-bond donors (Lipinski definition) is 0. The van der Waals surface area contributed by atoms with E-state index in [4.69, 9.17) is 15.0 Å². The monoisotopic (exact) mass is 302 g/mol. The molecule has 1 radical (unpaired) electrons. The van der Waals surface area contributed by atoms with Crippen molar-refractivity contribution in [2.75, 3.05) is 67.1 Å². The number of piperazine rings is 1. The average molecular weight is 302 g/mol. The first-order chi connectivity index (χ1) is 10.9. The third-order valence-electron chi connectivity index (χ3n) is 4.72. The van der Waals surface area contributed by atoms with Gasteiger partial charge in [0.2, 0.25) is 17.8 Å². The van der Waals surface area contributed by atoms with E-state index in [1.807, 2.05) is 0 Å². The molecular weight excluding hydrogens is 278 g/mol. The molecule has 0 saturated carbocycles. The van der Waals surface area contributed by atoms with Gasteiger partial charge in [-0.05, 0) is 25.7 Å². The zero-order chi connectivity index (χ0) is 14.8. The fraction of sp³-hybridized carbons (Fsp3) is 0.800. The van der Waals surface area contributed by atoms with E-state index in [-0.39, 0.29) is 0 Å². The summed E-state index contributed by atoms with van der Waals surface area (Å²) in [6.07, 6.45) is 4.95. The Labute approximate surface area is 131 Å². The van der Waals surface area contributed by atoms with Crippen LogP contribution in [0.4, 0.5) is 17.8 Å². The van der Waals surface area contributed by atoms with Gasteiger partial charge in [0, 0.05) is 52.4 Å². The molecular formula is C15H24N7. The molecule has 0 bridgehead atoms. The smallest absolute Gasteiger partial charge is 0.232 e. The minimum atomic E-state index is 0.841. The van der Waals surface area contributed by atoms with E-state index in [1.165, 1.54) is 25.7 Å². The van der Waals surface area contributed by atoms with Crippen LogP contribution in [0, 0.1) is 0 Å². The van der Waals surface area contributed by atoms with Crippen molar-refractivity contribution >= 4 is 17.8 Å². The largest absolute Gasteiger partial charge is 0.341 e. The van der Waals surface area contributed by atoms with Gasteiger partial charge in [0.15, 0.2) is 0 Å². The van der Waals surface area contributed by atoms with Crippen molar-refractivity contribution in [2.45, 2.75) is 25.7 Å². The standard InChI is InChI=1S/C15H24N7/c1-2-8-20(7-1)13-17-14(21-9-3-4-10-21)19-15(18-13)22-11-5-16-6-12-22/h1-12H2. The van der Waals surface area contributed by atoms with Crippen LogP contribution in [0.3, 0.4) is 0 Å². The molecule has 1 aromatic heterocycles. The number of nitrogens with zero attached hydrogens (tertiary/aromatic N) is 7. The molecule has 3 fully saturated rings. The molecule has 0 unspecified atom stereocenters. The summed E-state index contributed by atoms with van der Waals surface area (Å²) in [5.41, 5.74) is 0. The Kier molecular flexibility index (Phi) is 3.97. The molecule has 4 rings (SSSR count). The summed E-state index contributed by atoms with van der Waals surface area (Å²) in [5, 5.41) is 4.42. The average Bonchev–Trinajstić information content (AvgIpc) is 3.29. The summed E-state index contributed by atoms with van der Waals surface area (Å²) in [6, 6.07) is 0. The van der Waals surface area contributed by atoms with E-state index >= 15 is 0 Å². The Morgan fingerprint density at radius 2 is 0.864 bits per heavy atom. The lowest BCUT2D eigenvalue weighted by molar-refractivity contribution is 0.569. The Hall–Kier alpha value is -1.63. The van der Waals surface area contributed by atoms with E-state index in [0.717, 1.165) is 70.2 Å². The molecule has 7 nitrogen and oxygen atoms in total. The van der Waals surface area contributed by atoms with Gasteiger partial charge >= 0.3 is 0 Å². The van der Waals surface area contributed by atoms with Crippen LogP contribution in [0.25, 0.3) is 0 Å². The Morgan fingerprint density at radius 1 is 0.500 bits per heavy atom. The Morgan fingerprint density at radius 3 is 1.27 bits per heavy atom. The van der Waals surface area contributed by atoms with E-state index in [0.29, 0.717) is 0 Å². The molecule has 22 heavy (non-hydrogen) atoms. The van der Waals surface area contributed by atoms with E-state index in [2.05, 4.69) is 20.0 Å². The second-order valence-electron chi connectivity index (χ2n) is 6.28. The van der Waals surface area contributed by atoms with Crippen molar-refractivity contribution in [1.29, 1.82) is 0 Å². The first kappa shape index (κ1) is 14.0. The van der Waals surface area contributed by atoms with Crippen molar-refractivity contribution in [3.8, 4) is 0 Å². The Bertz CT molecular complexity index is 468. The molecule has 0 atom stereocenters. The molecule has 0 amide bonds. The number of aromatic nitrogens is 3. The lowest BCUT2D eigenvalue weighted by Gasteiger charge is -2.28. The van der Waals surface area contributed by atoms with Crippen molar-refractivity contribution in [3.63, 3.8) is 0 Å². The van der Waals surface area contributed by atoms with Crippen molar-refractivity contribution in [3.05, 3.63) is 0 Å². The predicted molar refractivity (Wildman–Crippen MR) is 86.8 cm³/mol. The van der Waals surface area contributed by atoms with Gasteiger partial charge in [-0.2, -0.15) is 15.0 Å². The lowest BCUT2D eigenvalue weighted by atomic mass is 10.4. The molecule has 3 aliphatic rings. The van der Waals surface area contributed by atoms with Gasteiger partial charge < -0.3 is 14.7 Å². The van der Waals surface area contributed by atoms with Crippen LogP contribution < -0.4 is 20.0 Å². The molecule has 0 spiro atoms. The topological polar surface area (TPSA) is 62.5 Å². The highest BCUT2D eigenvalue weighted by molar-refractivity contribution is 5.47. The maximum atomic E-state index is 4.77. The highest BCUT2D eigenvalue weighted by Crippen LogP contribution is 2.24. The molecule has 1 aromatic rings. The highest BCUT2D eigenvalue weighted by Gasteiger charge is 2.24. The van der Waals surface area contributed by atoms with Gasteiger partial charge in [0.05, 0.1) is 0 Å². The normalized spacial score (nSPS) is 22.6. The second-order valence-corrected chi connectivity index (χ2v) is 6.28. The fourth-order valence-corrected chi connectivity index (χ4v) is 3.41. The molecule has 0 aromatic carbocycles. The van der Waals surface area contributed by atoms with Crippen molar-refractivity contribution < 1.29 is 0 Å². The predicted octanol–water partition coefficient (Wildman–Crippen LogP) is 0.496. The third kappa shape index (κ3) is 2.82. The van der Waals surface area contributed by atoms with Gasteiger partial charge in [0.1, 0.15) is 0 Å². The van der Waals surface area contributed by atoms with Gasteiger partial charge in [-0.1, -0.05) is 0 Å². The summed E-state index contributed by atoms with van der Waals surface area (Å²) in [5.74, 6) is 2.58. The number of rotatable bonds is 3. The molecule has 7 heteroatoms. The maximum absolute atomic E-state index is 4.77. The molecule has 3 aliphatic heterocycles. The van der Waals surface area contributed by atoms with Crippen LogP contribution in [0.2, 0.25) is 0 Å². The van der Waals surface area contributed by atoms with Crippen LogP contribution in [-0.4, -0.2) is 67.3 Å². The molecule has 3 saturated heterocycles. The van der Waals surface area contributed by atoms with Crippen molar-refractivity contribution in [2.24, 2.45) is 0 Å². The fourth-order valence-electron chi connectivity index (χ4n) is 3.41. The minimum Gasteiger partial charge on any atom is -0.341 e. The van der Waals surface area contributed by atoms with E-state index in [9.17, 15) is 0 Å². The first-order valence-corrected chi connectivity index (χ1v) is 8.54. The van der Waals surface area contributed by atoms with Gasteiger partial charge in [-0.15, -0.1) is 0 Å². The summed E-state index contributed by atoms with van der Waals surface area (Å²) in [7, 11) is 0. The molecule has 4 heterocycles. The van der Waals surface area contributed by atoms with Crippen LogP contribution in [-0.2, 0) is 0 Å². The molecule has 0 aliphatic carbocycles. The maximum Gasteiger partial charge on any atom is 0.232 e. The van der Waals surface area contributed by atoms with Crippen LogP contribution in [0.1, 0.15) is 25.7 Å². The van der Waals surface area contributed by atoms with Crippen LogP contribution >= 0.6 is 0 Å². The van der Waals surface area contributed by atoms with E-state index in [1.54, 1.807) is 0 Å². The Balaban J connectivity index is 1.65. The molecule has 0 N–H and O–H groups in total. The molecule has 119 valence electrons. The van der Waals surface area contributed by atoms with Gasteiger partial charge in [0.25, 0.3) is 0 Å². The zero-order valence-corrected chi connectivity index (χ0v) is 13.1. The van der Waals surface area contributed by atoms with Gasteiger partial charge in [-0.25, -0.2) is 5.32 Å². The second kappa shape index (κ2) is 6.24. The summed E-state index contributed by atoms with van der Waals surface area (Å²) >= 11 is 0. The zero-order valence-electron chi connectivity index (χ0n) is 13.1. The number of anilines is 3.